The van der Waals surface area contributed by atoms with Crippen LogP contribution in [-0.2, 0) is 10.2 Å². The molecule has 1 fully saturated rings. The summed E-state index contributed by atoms with van der Waals surface area (Å²) in [4.78, 5) is 12.8. The van der Waals surface area contributed by atoms with Gasteiger partial charge in [-0.1, -0.05) is 54.4 Å². The summed E-state index contributed by atoms with van der Waals surface area (Å²) >= 11 is 6.13. The molecule has 0 spiro atoms. The minimum absolute atomic E-state index is 0.0744. The number of carbonyl (C=O) groups is 1. The zero-order valence-electron chi connectivity index (χ0n) is 12.0. The number of benzene rings is 2. The predicted molar refractivity (Wildman–Crippen MR) is 86.8 cm³/mol. The summed E-state index contributed by atoms with van der Waals surface area (Å²) < 4.78 is 0. The summed E-state index contributed by atoms with van der Waals surface area (Å²) in [7, 11) is 0. The van der Waals surface area contributed by atoms with E-state index >= 15 is 0 Å². The van der Waals surface area contributed by atoms with Gasteiger partial charge in [0.2, 0.25) is 5.91 Å². The van der Waals surface area contributed by atoms with Gasteiger partial charge in [-0.2, -0.15) is 0 Å². The van der Waals surface area contributed by atoms with Crippen LogP contribution >= 0.6 is 11.6 Å². The molecule has 21 heavy (non-hydrogen) atoms. The Hall–Kier alpha value is -1.80. The van der Waals surface area contributed by atoms with E-state index in [-0.39, 0.29) is 11.3 Å². The van der Waals surface area contributed by atoms with Gasteiger partial charge in [-0.15, -0.1) is 0 Å². The molecule has 1 amide bonds. The molecule has 0 radical (unpaired) electrons. The lowest BCUT2D eigenvalue weighted by Gasteiger charge is -2.40. The van der Waals surface area contributed by atoms with E-state index in [4.69, 9.17) is 11.6 Å². The van der Waals surface area contributed by atoms with Crippen LogP contribution in [-0.4, -0.2) is 5.91 Å². The van der Waals surface area contributed by atoms with Crippen LogP contribution in [0.15, 0.2) is 48.5 Å². The van der Waals surface area contributed by atoms with Gasteiger partial charge in [0.05, 0.1) is 5.41 Å². The quantitative estimate of drug-likeness (QED) is 0.874. The summed E-state index contributed by atoms with van der Waals surface area (Å²) in [6.45, 7) is 1.92. The van der Waals surface area contributed by atoms with Gasteiger partial charge in [-0.3, -0.25) is 4.79 Å². The second-order valence-corrected chi connectivity index (χ2v) is 6.08. The van der Waals surface area contributed by atoms with E-state index in [0.29, 0.717) is 5.02 Å². The third-order valence-electron chi connectivity index (χ3n) is 4.48. The first kappa shape index (κ1) is 14.2. The highest BCUT2D eigenvalue weighted by Gasteiger charge is 2.45. The van der Waals surface area contributed by atoms with Crippen molar-refractivity contribution in [3.05, 3.63) is 64.7 Å². The average Bonchev–Trinajstić information content (AvgIpc) is 2.44. The predicted octanol–water partition coefficient (Wildman–Crippen LogP) is 4.71. The summed E-state index contributed by atoms with van der Waals surface area (Å²) in [6.07, 6.45) is 2.90. The maximum atomic E-state index is 12.8. The van der Waals surface area contributed by atoms with Gasteiger partial charge in [0.25, 0.3) is 0 Å². The van der Waals surface area contributed by atoms with Crippen molar-refractivity contribution in [2.24, 2.45) is 0 Å². The molecule has 2 nitrogen and oxygen atoms in total. The van der Waals surface area contributed by atoms with Gasteiger partial charge in [0.15, 0.2) is 0 Å². The Balaban J connectivity index is 1.89. The molecule has 0 saturated heterocycles. The fraction of sp³-hybridized carbons (Fsp3) is 0.278. The smallest absolute Gasteiger partial charge is 0.235 e. The number of anilines is 1. The number of amides is 1. The zero-order chi connectivity index (χ0) is 14.9. The summed E-state index contributed by atoms with van der Waals surface area (Å²) in [6, 6.07) is 15.7. The van der Waals surface area contributed by atoms with Gasteiger partial charge >= 0.3 is 0 Å². The molecule has 0 bridgehead atoms. The van der Waals surface area contributed by atoms with E-state index in [0.717, 1.165) is 36.1 Å². The monoisotopic (exact) mass is 299 g/mol. The maximum absolute atomic E-state index is 12.8. The van der Waals surface area contributed by atoms with E-state index in [9.17, 15) is 4.79 Å². The van der Waals surface area contributed by atoms with Crippen molar-refractivity contribution in [3.8, 4) is 0 Å². The number of hydrogen-bond donors (Lipinski definition) is 1. The maximum Gasteiger partial charge on any atom is 0.235 e. The molecule has 1 N–H and O–H groups in total. The Morgan fingerprint density at radius 1 is 1.10 bits per heavy atom. The van der Waals surface area contributed by atoms with Crippen LogP contribution in [0.5, 0.6) is 0 Å². The molecule has 1 aliphatic carbocycles. The molecular weight excluding hydrogens is 282 g/mol. The highest BCUT2D eigenvalue weighted by atomic mass is 35.5. The highest BCUT2D eigenvalue weighted by Crippen LogP contribution is 2.44. The fourth-order valence-electron chi connectivity index (χ4n) is 2.92. The SMILES string of the molecule is Cc1c(Cl)cccc1NC(=O)C1(c2ccccc2)CCC1. The molecule has 108 valence electrons. The molecule has 0 aromatic heterocycles. The highest BCUT2D eigenvalue weighted by molar-refractivity contribution is 6.31. The van der Waals surface area contributed by atoms with Crippen molar-refractivity contribution in [1.29, 1.82) is 0 Å². The zero-order valence-corrected chi connectivity index (χ0v) is 12.8. The van der Waals surface area contributed by atoms with Crippen molar-refractivity contribution in [2.75, 3.05) is 5.32 Å². The molecule has 3 heteroatoms. The third-order valence-corrected chi connectivity index (χ3v) is 4.89. The number of rotatable bonds is 3. The summed E-state index contributed by atoms with van der Waals surface area (Å²) in [5.74, 6) is 0.0744. The lowest BCUT2D eigenvalue weighted by molar-refractivity contribution is -0.124. The Labute approximate surface area is 130 Å². The number of nitrogens with one attached hydrogen (secondary N) is 1. The molecular formula is C18H18ClNO. The third kappa shape index (κ3) is 2.44. The van der Waals surface area contributed by atoms with Gasteiger partial charge in [-0.05, 0) is 43.0 Å². The van der Waals surface area contributed by atoms with Crippen molar-refractivity contribution >= 4 is 23.2 Å². The van der Waals surface area contributed by atoms with Crippen LogP contribution < -0.4 is 5.32 Å². The first-order valence-corrected chi connectivity index (χ1v) is 7.63. The lowest BCUT2D eigenvalue weighted by atomic mass is 9.64. The largest absolute Gasteiger partial charge is 0.325 e. The normalized spacial score (nSPS) is 16.1. The van der Waals surface area contributed by atoms with Crippen molar-refractivity contribution in [2.45, 2.75) is 31.6 Å². The molecule has 2 aromatic rings. The first-order valence-electron chi connectivity index (χ1n) is 7.25. The van der Waals surface area contributed by atoms with Crippen molar-refractivity contribution in [3.63, 3.8) is 0 Å². The van der Waals surface area contributed by atoms with E-state index in [1.54, 1.807) is 0 Å². The molecule has 2 aromatic carbocycles. The van der Waals surface area contributed by atoms with Crippen LogP contribution in [0.4, 0.5) is 5.69 Å². The second-order valence-electron chi connectivity index (χ2n) is 5.67. The van der Waals surface area contributed by atoms with Gasteiger partial charge in [0.1, 0.15) is 0 Å². The lowest BCUT2D eigenvalue weighted by Crippen LogP contribution is -2.46. The Kier molecular flexibility index (Phi) is 3.73. The average molecular weight is 300 g/mol. The first-order chi connectivity index (χ1) is 10.1. The molecule has 0 heterocycles. The Morgan fingerprint density at radius 3 is 2.43 bits per heavy atom. The van der Waals surface area contributed by atoms with Crippen LogP contribution in [0.25, 0.3) is 0 Å². The van der Waals surface area contributed by atoms with Crippen molar-refractivity contribution in [1.82, 2.24) is 0 Å². The Bertz CT molecular complexity index is 662. The van der Waals surface area contributed by atoms with E-state index in [1.807, 2.05) is 55.5 Å². The molecule has 0 unspecified atom stereocenters. The van der Waals surface area contributed by atoms with Crippen LogP contribution in [0, 0.1) is 6.92 Å². The van der Waals surface area contributed by atoms with Crippen LogP contribution in [0.3, 0.4) is 0 Å². The number of carbonyl (C=O) groups excluding carboxylic acids is 1. The standard InChI is InChI=1S/C18H18ClNO/c1-13-15(19)9-5-10-16(13)20-17(21)18(11-6-12-18)14-7-3-2-4-8-14/h2-5,7-10H,6,11-12H2,1H3,(H,20,21). The fourth-order valence-corrected chi connectivity index (χ4v) is 3.09. The molecule has 1 saturated carbocycles. The van der Waals surface area contributed by atoms with Crippen LogP contribution in [0.2, 0.25) is 5.02 Å². The summed E-state index contributed by atoms with van der Waals surface area (Å²) in [5.41, 5.74) is 2.44. The van der Waals surface area contributed by atoms with Gasteiger partial charge in [0, 0.05) is 10.7 Å². The summed E-state index contributed by atoms with van der Waals surface area (Å²) in [5, 5.41) is 3.74. The van der Waals surface area contributed by atoms with Gasteiger partial charge < -0.3 is 5.32 Å². The minimum atomic E-state index is -0.379. The number of hydrogen-bond acceptors (Lipinski definition) is 1. The molecule has 0 atom stereocenters. The van der Waals surface area contributed by atoms with Crippen molar-refractivity contribution < 1.29 is 4.79 Å². The number of halogens is 1. The molecule has 3 rings (SSSR count). The van der Waals surface area contributed by atoms with E-state index in [1.165, 1.54) is 0 Å². The second kappa shape index (κ2) is 5.53. The van der Waals surface area contributed by atoms with Crippen LogP contribution in [0.1, 0.15) is 30.4 Å². The molecule has 0 aliphatic heterocycles. The van der Waals surface area contributed by atoms with Gasteiger partial charge in [-0.25, -0.2) is 0 Å². The molecule has 1 aliphatic rings. The van der Waals surface area contributed by atoms with E-state index in [2.05, 4.69) is 5.32 Å². The van der Waals surface area contributed by atoms with E-state index < -0.39 is 0 Å². The minimum Gasteiger partial charge on any atom is -0.325 e. The topological polar surface area (TPSA) is 29.1 Å². The Morgan fingerprint density at radius 2 is 1.81 bits per heavy atom.